The first kappa shape index (κ1) is 14.2. The van der Waals surface area contributed by atoms with Gasteiger partial charge in [-0.25, -0.2) is 0 Å². The molecule has 6 heteroatoms. The predicted octanol–water partition coefficient (Wildman–Crippen LogP) is 2.86. The van der Waals surface area contributed by atoms with Gasteiger partial charge in [-0.05, 0) is 19.9 Å². The van der Waals surface area contributed by atoms with Gasteiger partial charge in [0.05, 0.1) is 32.7 Å². The number of methoxy groups -OCH3 is 1. The van der Waals surface area contributed by atoms with E-state index < -0.39 is 7.60 Å². The Balaban J connectivity index is 2.89. The minimum absolute atomic E-state index is 0.195. The van der Waals surface area contributed by atoms with E-state index in [-0.39, 0.29) is 6.16 Å². The molecule has 0 aliphatic carbocycles. The highest BCUT2D eigenvalue weighted by molar-refractivity contribution is 7.53. The van der Waals surface area contributed by atoms with Gasteiger partial charge in [0.15, 0.2) is 0 Å². The largest absolute Gasteiger partial charge is 0.495 e. The molecule has 0 saturated carbocycles. The number of rotatable bonds is 7. The molecule has 0 aliphatic rings. The van der Waals surface area contributed by atoms with Crippen molar-refractivity contribution in [1.82, 2.24) is 4.98 Å². The summed E-state index contributed by atoms with van der Waals surface area (Å²) >= 11 is 0. The van der Waals surface area contributed by atoms with Crippen LogP contribution in [-0.4, -0.2) is 25.3 Å². The first-order valence-electron chi connectivity index (χ1n) is 5.50. The minimum Gasteiger partial charge on any atom is -0.495 e. The summed E-state index contributed by atoms with van der Waals surface area (Å²) in [7, 11) is -1.54. The first-order valence-corrected chi connectivity index (χ1v) is 7.23. The fraction of sp³-hybridized carbons (Fsp3) is 0.545. The van der Waals surface area contributed by atoms with Crippen molar-refractivity contribution in [2.24, 2.45) is 0 Å². The minimum atomic E-state index is -3.09. The van der Waals surface area contributed by atoms with Crippen LogP contribution in [0.3, 0.4) is 0 Å². The molecule has 0 radical (unpaired) electrons. The lowest BCUT2D eigenvalue weighted by Crippen LogP contribution is -2.01. The Labute approximate surface area is 102 Å². The lowest BCUT2D eigenvalue weighted by molar-refractivity contribution is 0.219. The molecule has 0 N–H and O–H groups in total. The van der Waals surface area contributed by atoms with Crippen LogP contribution in [0.2, 0.25) is 0 Å². The molecule has 0 saturated heterocycles. The van der Waals surface area contributed by atoms with Crippen LogP contribution in [0.4, 0.5) is 0 Å². The summed E-state index contributed by atoms with van der Waals surface area (Å²) in [5.74, 6) is 0.590. The van der Waals surface area contributed by atoms with Gasteiger partial charge in [-0.15, -0.1) is 0 Å². The second-order valence-electron chi connectivity index (χ2n) is 3.29. The zero-order valence-electron chi connectivity index (χ0n) is 10.4. The molecule has 0 aromatic carbocycles. The third kappa shape index (κ3) is 4.11. The molecule has 0 unspecified atom stereocenters. The summed E-state index contributed by atoms with van der Waals surface area (Å²) in [5, 5.41) is 0. The molecule has 0 bridgehead atoms. The molecule has 5 nitrogen and oxygen atoms in total. The Bertz CT molecular complexity index is 387. The molecule has 96 valence electrons. The van der Waals surface area contributed by atoms with Crippen molar-refractivity contribution in [1.29, 1.82) is 0 Å². The molecule has 1 aromatic heterocycles. The number of hydrogen-bond acceptors (Lipinski definition) is 5. The summed E-state index contributed by atoms with van der Waals surface area (Å²) < 4.78 is 27.9. The van der Waals surface area contributed by atoms with Gasteiger partial charge in [0, 0.05) is 11.8 Å². The van der Waals surface area contributed by atoms with Crippen molar-refractivity contribution in [3.8, 4) is 5.75 Å². The van der Waals surface area contributed by atoms with Crippen molar-refractivity contribution in [2.75, 3.05) is 20.3 Å². The van der Waals surface area contributed by atoms with Crippen LogP contribution in [0, 0.1) is 0 Å². The molecule has 1 heterocycles. The maximum Gasteiger partial charge on any atom is 0.335 e. The van der Waals surface area contributed by atoms with Crippen LogP contribution in [0.25, 0.3) is 0 Å². The van der Waals surface area contributed by atoms with E-state index in [2.05, 4.69) is 4.98 Å². The van der Waals surface area contributed by atoms with Crippen LogP contribution in [0.1, 0.15) is 19.4 Å². The van der Waals surface area contributed by atoms with Gasteiger partial charge >= 0.3 is 7.60 Å². The summed E-state index contributed by atoms with van der Waals surface area (Å²) in [6.07, 6.45) is 3.40. The van der Waals surface area contributed by atoms with Gasteiger partial charge in [-0.3, -0.25) is 9.55 Å². The normalized spacial score (nSPS) is 11.5. The second-order valence-corrected chi connectivity index (χ2v) is 5.35. The molecular weight excluding hydrogens is 241 g/mol. The monoisotopic (exact) mass is 259 g/mol. The van der Waals surface area contributed by atoms with E-state index in [1.165, 1.54) is 0 Å². The van der Waals surface area contributed by atoms with Crippen molar-refractivity contribution < 1.29 is 18.3 Å². The quantitative estimate of drug-likeness (QED) is 0.705. The molecule has 1 aromatic rings. The molecule has 17 heavy (non-hydrogen) atoms. The van der Waals surface area contributed by atoms with E-state index in [4.69, 9.17) is 13.8 Å². The summed E-state index contributed by atoms with van der Waals surface area (Å²) in [4.78, 5) is 3.94. The Morgan fingerprint density at radius 1 is 1.29 bits per heavy atom. The van der Waals surface area contributed by atoms with Gasteiger partial charge in [0.1, 0.15) is 5.75 Å². The average molecular weight is 259 g/mol. The van der Waals surface area contributed by atoms with Crippen molar-refractivity contribution in [3.05, 3.63) is 24.0 Å². The Hall–Kier alpha value is -0.900. The van der Waals surface area contributed by atoms with Crippen molar-refractivity contribution in [2.45, 2.75) is 20.0 Å². The summed E-state index contributed by atoms with van der Waals surface area (Å²) in [6.45, 7) is 4.28. The number of ether oxygens (including phenoxy) is 1. The lowest BCUT2D eigenvalue weighted by atomic mass is 10.3. The van der Waals surface area contributed by atoms with Gasteiger partial charge < -0.3 is 13.8 Å². The number of hydrogen-bond donors (Lipinski definition) is 0. The van der Waals surface area contributed by atoms with Crippen LogP contribution in [0.5, 0.6) is 5.75 Å². The molecule has 0 amide bonds. The van der Waals surface area contributed by atoms with E-state index in [9.17, 15) is 4.57 Å². The predicted molar refractivity (Wildman–Crippen MR) is 65.4 cm³/mol. The fourth-order valence-corrected chi connectivity index (χ4v) is 3.18. The Morgan fingerprint density at radius 2 is 1.94 bits per heavy atom. The number of pyridine rings is 1. The van der Waals surface area contributed by atoms with Gasteiger partial charge in [0.2, 0.25) is 0 Å². The van der Waals surface area contributed by atoms with Crippen LogP contribution >= 0.6 is 7.60 Å². The van der Waals surface area contributed by atoms with E-state index in [1.807, 2.05) is 0 Å². The third-order valence-corrected chi connectivity index (χ3v) is 4.14. The van der Waals surface area contributed by atoms with Crippen molar-refractivity contribution in [3.63, 3.8) is 0 Å². The Morgan fingerprint density at radius 3 is 2.47 bits per heavy atom. The topological polar surface area (TPSA) is 57.7 Å². The molecule has 0 atom stereocenters. The zero-order valence-corrected chi connectivity index (χ0v) is 11.3. The number of aromatic nitrogens is 1. The van der Waals surface area contributed by atoms with Crippen LogP contribution in [0.15, 0.2) is 18.5 Å². The SMILES string of the molecule is CCOP(=O)(Cc1ccncc1OC)OCC. The highest BCUT2D eigenvalue weighted by Gasteiger charge is 2.25. The molecular formula is C11H18NO4P. The van der Waals surface area contributed by atoms with Crippen molar-refractivity contribution >= 4 is 7.60 Å². The maximum absolute atomic E-state index is 12.3. The second kappa shape index (κ2) is 6.74. The highest BCUT2D eigenvalue weighted by Crippen LogP contribution is 2.52. The lowest BCUT2D eigenvalue weighted by Gasteiger charge is -2.17. The first-order chi connectivity index (χ1) is 8.15. The smallest absolute Gasteiger partial charge is 0.335 e. The standard InChI is InChI=1S/C11H18NO4P/c1-4-15-17(13,16-5-2)9-10-6-7-12-8-11(10)14-3/h6-8H,4-5,9H2,1-3H3. The molecule has 0 spiro atoms. The van der Waals surface area contributed by atoms with Gasteiger partial charge in [-0.2, -0.15) is 0 Å². The molecule has 0 fully saturated rings. The third-order valence-electron chi connectivity index (χ3n) is 2.11. The van der Waals surface area contributed by atoms with Crippen LogP contribution < -0.4 is 4.74 Å². The van der Waals surface area contributed by atoms with E-state index >= 15 is 0 Å². The molecule has 1 rings (SSSR count). The average Bonchev–Trinajstić information content (AvgIpc) is 2.30. The maximum atomic E-state index is 12.3. The fourth-order valence-electron chi connectivity index (χ4n) is 1.45. The van der Waals surface area contributed by atoms with Crippen LogP contribution in [-0.2, 0) is 19.8 Å². The van der Waals surface area contributed by atoms with E-state index in [0.717, 1.165) is 5.56 Å². The van der Waals surface area contributed by atoms with Gasteiger partial charge in [0.25, 0.3) is 0 Å². The summed E-state index contributed by atoms with van der Waals surface area (Å²) in [5.41, 5.74) is 0.771. The molecule has 0 aliphatic heterocycles. The van der Waals surface area contributed by atoms with E-state index in [0.29, 0.717) is 19.0 Å². The highest BCUT2D eigenvalue weighted by atomic mass is 31.2. The van der Waals surface area contributed by atoms with E-state index in [1.54, 1.807) is 39.4 Å². The number of nitrogens with zero attached hydrogens (tertiary/aromatic N) is 1. The zero-order chi connectivity index (χ0) is 12.7. The summed E-state index contributed by atoms with van der Waals surface area (Å²) in [6, 6.07) is 1.75. The Kier molecular flexibility index (Phi) is 5.62. The van der Waals surface area contributed by atoms with Gasteiger partial charge in [-0.1, -0.05) is 0 Å².